The molecule has 1 N–H and O–H groups in total. The van der Waals surface area contributed by atoms with Gasteiger partial charge in [0.1, 0.15) is 0 Å². The van der Waals surface area contributed by atoms with Gasteiger partial charge < -0.3 is 5.11 Å². The van der Waals surface area contributed by atoms with E-state index in [0.29, 0.717) is 5.41 Å². The van der Waals surface area contributed by atoms with E-state index in [4.69, 9.17) is 11.6 Å². The average Bonchev–Trinajstić information content (AvgIpc) is 2.54. The molecule has 0 saturated heterocycles. The van der Waals surface area contributed by atoms with E-state index >= 15 is 0 Å². The molecular formula is C21H31ClO. The summed E-state index contributed by atoms with van der Waals surface area (Å²) in [4.78, 5) is 0. The van der Waals surface area contributed by atoms with Gasteiger partial charge in [0, 0.05) is 11.0 Å². The van der Waals surface area contributed by atoms with Crippen LogP contribution < -0.4 is 0 Å². The highest BCUT2D eigenvalue weighted by Crippen LogP contribution is 2.64. The highest BCUT2D eigenvalue weighted by atomic mass is 35.5. The van der Waals surface area contributed by atoms with E-state index in [2.05, 4.69) is 19.1 Å². The lowest BCUT2D eigenvalue weighted by Gasteiger charge is -2.60. The first kappa shape index (κ1) is 16.2. The molecule has 0 amide bonds. The van der Waals surface area contributed by atoms with Crippen molar-refractivity contribution < 1.29 is 5.11 Å². The van der Waals surface area contributed by atoms with Gasteiger partial charge in [0.2, 0.25) is 0 Å². The summed E-state index contributed by atoms with van der Waals surface area (Å²) in [5, 5.41) is 10.2. The molecule has 0 spiro atoms. The fourth-order valence-corrected chi connectivity index (χ4v) is 7.15. The Hall–Kier alpha value is -0.270. The standard InChI is InChI=1S/C21H31ClO/c1-20-9-3-2-4-18(20)17-6-5-15-14-16(23)7-11-21(15,12-13-22)19(17)8-10-20/h5,12-13,16-19,23H,2-4,6-11,14H2,1H3/b13-12-/t16?,17?,18?,19?,20?,21-/m1/s1. The number of hydrogen-bond acceptors (Lipinski definition) is 1. The fourth-order valence-electron chi connectivity index (χ4n) is 6.93. The van der Waals surface area contributed by atoms with Crippen LogP contribution in [0.4, 0.5) is 0 Å². The summed E-state index contributed by atoms with van der Waals surface area (Å²) < 4.78 is 0. The minimum Gasteiger partial charge on any atom is -0.393 e. The smallest absolute Gasteiger partial charge is 0.0578 e. The Morgan fingerprint density at radius 2 is 2.00 bits per heavy atom. The van der Waals surface area contributed by atoms with Gasteiger partial charge in [-0.15, -0.1) is 0 Å². The van der Waals surface area contributed by atoms with Crippen LogP contribution in [-0.2, 0) is 0 Å². The molecule has 4 aliphatic carbocycles. The molecule has 4 rings (SSSR count). The topological polar surface area (TPSA) is 20.2 Å². The van der Waals surface area contributed by atoms with Gasteiger partial charge >= 0.3 is 0 Å². The summed E-state index contributed by atoms with van der Waals surface area (Å²) in [5.41, 5.74) is 4.00. The molecule has 4 aliphatic rings. The van der Waals surface area contributed by atoms with Crippen LogP contribution in [0, 0.1) is 28.6 Å². The Bertz CT molecular complexity index is 524. The summed E-state index contributed by atoms with van der Waals surface area (Å²) in [6.45, 7) is 2.57. The Balaban J connectivity index is 1.72. The van der Waals surface area contributed by atoms with Gasteiger partial charge in [0.15, 0.2) is 0 Å². The molecule has 3 fully saturated rings. The van der Waals surface area contributed by atoms with E-state index < -0.39 is 0 Å². The lowest BCUT2D eigenvalue weighted by Crippen LogP contribution is -2.51. The van der Waals surface area contributed by atoms with Crippen molar-refractivity contribution in [3.05, 3.63) is 23.3 Å². The molecule has 23 heavy (non-hydrogen) atoms. The number of aliphatic hydroxyl groups is 1. The van der Waals surface area contributed by atoms with Crippen LogP contribution >= 0.6 is 11.6 Å². The second-order valence-corrected chi connectivity index (χ2v) is 9.26. The summed E-state index contributed by atoms with van der Waals surface area (Å²) in [6.07, 6.45) is 17.3. The number of aliphatic hydroxyl groups excluding tert-OH is 1. The van der Waals surface area contributed by atoms with E-state index in [1.54, 1.807) is 5.54 Å². The maximum Gasteiger partial charge on any atom is 0.0578 e. The molecule has 0 radical (unpaired) electrons. The zero-order valence-electron chi connectivity index (χ0n) is 14.4. The summed E-state index contributed by atoms with van der Waals surface area (Å²) in [6, 6.07) is 0. The molecule has 128 valence electrons. The van der Waals surface area contributed by atoms with Crippen molar-refractivity contribution in [2.75, 3.05) is 0 Å². The van der Waals surface area contributed by atoms with Crippen LogP contribution in [0.5, 0.6) is 0 Å². The van der Waals surface area contributed by atoms with Crippen molar-refractivity contribution >= 4 is 11.6 Å². The Morgan fingerprint density at radius 1 is 1.13 bits per heavy atom. The third kappa shape index (κ3) is 2.45. The maximum atomic E-state index is 10.2. The second-order valence-electron chi connectivity index (χ2n) is 9.01. The summed E-state index contributed by atoms with van der Waals surface area (Å²) in [7, 11) is 0. The van der Waals surface area contributed by atoms with Crippen molar-refractivity contribution in [1.82, 2.24) is 0 Å². The molecule has 0 aromatic rings. The molecule has 0 aliphatic heterocycles. The molecule has 1 nitrogen and oxygen atoms in total. The van der Waals surface area contributed by atoms with E-state index in [1.165, 1.54) is 50.5 Å². The van der Waals surface area contributed by atoms with E-state index in [9.17, 15) is 5.11 Å². The Kier molecular flexibility index (Phi) is 4.17. The highest BCUT2D eigenvalue weighted by molar-refractivity contribution is 6.25. The SMILES string of the molecule is CC12CCCCC1C1CC=C3CC(O)CC[C@]3(/C=C\Cl)C1CC2. The highest BCUT2D eigenvalue weighted by Gasteiger charge is 2.55. The maximum absolute atomic E-state index is 10.2. The molecule has 2 heteroatoms. The quantitative estimate of drug-likeness (QED) is 0.599. The second kappa shape index (κ2) is 5.92. The number of allylic oxidation sites excluding steroid dienone is 2. The minimum absolute atomic E-state index is 0.141. The molecule has 0 aromatic carbocycles. The van der Waals surface area contributed by atoms with Crippen molar-refractivity contribution in [1.29, 1.82) is 0 Å². The molecule has 0 bridgehead atoms. The first-order chi connectivity index (χ1) is 11.1. The van der Waals surface area contributed by atoms with Gasteiger partial charge in [-0.05, 0) is 74.5 Å². The van der Waals surface area contributed by atoms with E-state index in [1.807, 2.05) is 0 Å². The lowest BCUT2D eigenvalue weighted by atomic mass is 9.45. The van der Waals surface area contributed by atoms with Gasteiger partial charge in [-0.25, -0.2) is 0 Å². The largest absolute Gasteiger partial charge is 0.393 e. The minimum atomic E-state index is -0.141. The molecular weight excluding hydrogens is 304 g/mol. The van der Waals surface area contributed by atoms with Gasteiger partial charge in [-0.2, -0.15) is 0 Å². The fraction of sp³-hybridized carbons (Fsp3) is 0.810. The van der Waals surface area contributed by atoms with Crippen LogP contribution in [0.1, 0.15) is 71.1 Å². The number of fused-ring (bicyclic) bond motifs is 5. The third-order valence-electron chi connectivity index (χ3n) is 8.07. The molecule has 3 saturated carbocycles. The van der Waals surface area contributed by atoms with Crippen molar-refractivity contribution in [3.8, 4) is 0 Å². The molecule has 6 atom stereocenters. The molecule has 0 heterocycles. The first-order valence-electron chi connectivity index (χ1n) is 9.74. The van der Waals surface area contributed by atoms with Crippen molar-refractivity contribution in [2.24, 2.45) is 28.6 Å². The van der Waals surface area contributed by atoms with Gasteiger partial charge in [-0.1, -0.05) is 49.1 Å². The van der Waals surface area contributed by atoms with Crippen molar-refractivity contribution in [2.45, 2.75) is 77.2 Å². The van der Waals surface area contributed by atoms with Gasteiger partial charge in [0.25, 0.3) is 0 Å². The molecule has 0 aromatic heterocycles. The van der Waals surface area contributed by atoms with Crippen molar-refractivity contribution in [3.63, 3.8) is 0 Å². The Morgan fingerprint density at radius 3 is 2.83 bits per heavy atom. The predicted octanol–water partition coefficient (Wildman–Crippen LogP) is 5.82. The normalized spacial score (nSPS) is 50.0. The zero-order valence-corrected chi connectivity index (χ0v) is 15.2. The lowest BCUT2D eigenvalue weighted by molar-refractivity contribution is -0.0608. The average molecular weight is 335 g/mol. The number of halogens is 1. The summed E-state index contributed by atoms with van der Waals surface area (Å²) in [5.74, 6) is 2.49. The zero-order chi connectivity index (χ0) is 16.1. The van der Waals surface area contributed by atoms with Gasteiger partial charge in [0.05, 0.1) is 6.10 Å². The number of hydrogen-bond donors (Lipinski definition) is 1. The number of rotatable bonds is 1. The Labute approximate surface area is 146 Å². The molecule has 5 unspecified atom stereocenters. The predicted molar refractivity (Wildman–Crippen MR) is 96.3 cm³/mol. The monoisotopic (exact) mass is 334 g/mol. The van der Waals surface area contributed by atoms with Crippen LogP contribution in [-0.4, -0.2) is 11.2 Å². The van der Waals surface area contributed by atoms with E-state index in [-0.39, 0.29) is 11.5 Å². The van der Waals surface area contributed by atoms with Crippen LogP contribution in [0.15, 0.2) is 23.3 Å². The van der Waals surface area contributed by atoms with Crippen LogP contribution in [0.3, 0.4) is 0 Å². The van der Waals surface area contributed by atoms with Crippen LogP contribution in [0.2, 0.25) is 0 Å². The third-order valence-corrected chi connectivity index (χ3v) is 8.20. The van der Waals surface area contributed by atoms with Crippen LogP contribution in [0.25, 0.3) is 0 Å². The van der Waals surface area contributed by atoms with E-state index in [0.717, 1.165) is 37.0 Å². The first-order valence-corrected chi connectivity index (χ1v) is 10.2. The summed E-state index contributed by atoms with van der Waals surface area (Å²) >= 11 is 6.11. The van der Waals surface area contributed by atoms with Gasteiger partial charge in [-0.3, -0.25) is 0 Å².